The number of imidazole rings is 1. The molecule has 4 aromatic rings. The van der Waals surface area contributed by atoms with Gasteiger partial charge in [0, 0.05) is 42.9 Å². The number of hydrogen-bond acceptors (Lipinski definition) is 6. The van der Waals surface area contributed by atoms with Crippen LogP contribution in [0.2, 0.25) is 0 Å². The summed E-state index contributed by atoms with van der Waals surface area (Å²) in [5.41, 5.74) is 9.18. The zero-order valence-electron chi connectivity index (χ0n) is 22.1. The lowest BCUT2D eigenvalue weighted by Crippen LogP contribution is -2.41. The Labute approximate surface area is 227 Å². The second-order valence-corrected chi connectivity index (χ2v) is 11.4. The summed E-state index contributed by atoms with van der Waals surface area (Å²) in [5.74, 6) is 2.50. The quantitative estimate of drug-likeness (QED) is 0.381. The highest BCUT2D eigenvalue weighted by atomic mass is 16.5. The molecule has 0 unspecified atom stereocenters. The predicted molar refractivity (Wildman–Crippen MR) is 148 cm³/mol. The number of hydrogen-bond donors (Lipinski definition) is 2. The van der Waals surface area contributed by atoms with E-state index in [1.807, 2.05) is 64.0 Å². The fourth-order valence-corrected chi connectivity index (χ4v) is 6.22. The maximum Gasteiger partial charge on any atom is 0.222 e. The Bertz CT molecular complexity index is 1560. The van der Waals surface area contributed by atoms with Gasteiger partial charge in [-0.2, -0.15) is 0 Å². The first-order valence-electron chi connectivity index (χ1n) is 13.9. The molecule has 0 radical (unpaired) electrons. The highest BCUT2D eigenvalue weighted by molar-refractivity contribution is 5.85. The molecular weight excluding hydrogens is 490 g/mol. The molecule has 8 heteroatoms. The zero-order valence-corrected chi connectivity index (χ0v) is 22.1. The number of aromatic nitrogens is 3. The molecule has 2 saturated heterocycles. The van der Waals surface area contributed by atoms with Crippen LogP contribution in [0.4, 0.5) is 5.82 Å². The molecule has 2 aromatic carbocycles. The van der Waals surface area contributed by atoms with Crippen molar-refractivity contribution in [3.05, 3.63) is 77.9 Å². The summed E-state index contributed by atoms with van der Waals surface area (Å²) in [4.78, 5) is 23.9. The molecule has 3 N–H and O–H groups in total. The van der Waals surface area contributed by atoms with Gasteiger partial charge in [-0.15, -0.1) is 0 Å². The Hall–Kier alpha value is -3.91. The standard InChI is InChI=1S/C31H33N5O3/c1-31(38,22-3-2-4-25(17-22)39-24-12-13-24)21-8-5-19(6-9-21)27-28-29(32)33-15-16-35(28)30(34-27)20-7-10-23-11-14-26(37)36(23)18-20/h2-6,8-9,15-17,20,23-24,38H,7,10-14,18H2,1H3,(H2,32,33)/t20-,23+,31+/m1/s1. The van der Waals surface area contributed by atoms with Gasteiger partial charge in [0.15, 0.2) is 0 Å². The molecule has 3 aliphatic rings. The van der Waals surface area contributed by atoms with Gasteiger partial charge in [0.05, 0.1) is 6.10 Å². The summed E-state index contributed by atoms with van der Waals surface area (Å²) in [6.45, 7) is 2.50. The van der Waals surface area contributed by atoms with Crippen LogP contribution in [-0.4, -0.2) is 49.0 Å². The molecule has 39 heavy (non-hydrogen) atoms. The van der Waals surface area contributed by atoms with Crippen LogP contribution in [0.1, 0.15) is 68.3 Å². The molecule has 2 aliphatic heterocycles. The number of amides is 1. The van der Waals surface area contributed by atoms with Crippen LogP contribution in [-0.2, 0) is 10.4 Å². The number of piperidine rings is 1. The van der Waals surface area contributed by atoms with E-state index in [1.54, 1.807) is 13.1 Å². The van der Waals surface area contributed by atoms with E-state index < -0.39 is 5.60 Å². The van der Waals surface area contributed by atoms with E-state index in [4.69, 9.17) is 15.5 Å². The number of carbonyl (C=O) groups excluding carboxylic acids is 1. The Balaban J connectivity index is 1.22. The molecule has 0 bridgehead atoms. The van der Waals surface area contributed by atoms with Gasteiger partial charge < -0.3 is 20.5 Å². The first-order valence-corrected chi connectivity index (χ1v) is 13.9. The third kappa shape index (κ3) is 4.23. The average molecular weight is 524 g/mol. The maximum absolute atomic E-state index is 12.5. The van der Waals surface area contributed by atoms with Gasteiger partial charge in [0.2, 0.25) is 5.91 Å². The molecule has 8 nitrogen and oxygen atoms in total. The van der Waals surface area contributed by atoms with Crippen molar-refractivity contribution in [1.29, 1.82) is 0 Å². The normalized spacial score (nSPS) is 22.6. The van der Waals surface area contributed by atoms with Gasteiger partial charge in [-0.1, -0.05) is 36.4 Å². The Kier molecular flexibility index (Phi) is 5.63. The number of nitrogens with zero attached hydrogens (tertiary/aromatic N) is 4. The minimum atomic E-state index is -1.19. The molecule has 3 fully saturated rings. The first kappa shape index (κ1) is 24.2. The highest BCUT2D eigenvalue weighted by Gasteiger charge is 2.38. The van der Waals surface area contributed by atoms with E-state index in [1.165, 1.54) is 0 Å². The summed E-state index contributed by atoms with van der Waals surface area (Å²) in [6, 6.07) is 15.9. The van der Waals surface area contributed by atoms with Gasteiger partial charge in [0.25, 0.3) is 0 Å². The van der Waals surface area contributed by atoms with Crippen molar-refractivity contribution >= 4 is 17.2 Å². The van der Waals surface area contributed by atoms with Gasteiger partial charge in [-0.05, 0) is 62.3 Å². The molecule has 3 atom stereocenters. The number of rotatable bonds is 6. The van der Waals surface area contributed by atoms with Gasteiger partial charge in [-0.25, -0.2) is 9.97 Å². The second-order valence-electron chi connectivity index (χ2n) is 11.4. The van der Waals surface area contributed by atoms with Crippen molar-refractivity contribution in [2.45, 2.75) is 69.1 Å². The van der Waals surface area contributed by atoms with Crippen LogP contribution >= 0.6 is 0 Å². The first-order chi connectivity index (χ1) is 18.9. The van der Waals surface area contributed by atoms with Crippen LogP contribution < -0.4 is 10.5 Å². The number of fused-ring (bicyclic) bond motifs is 2. The fourth-order valence-electron chi connectivity index (χ4n) is 6.22. The number of nitrogens with two attached hydrogens (primary N) is 1. The van der Waals surface area contributed by atoms with E-state index in [2.05, 4.69) is 4.98 Å². The Morgan fingerprint density at radius 2 is 1.87 bits per heavy atom. The van der Waals surface area contributed by atoms with Crippen molar-refractivity contribution in [2.75, 3.05) is 12.3 Å². The second kappa shape index (κ2) is 9.09. The Morgan fingerprint density at radius 3 is 2.67 bits per heavy atom. The van der Waals surface area contributed by atoms with Crippen molar-refractivity contribution in [3.63, 3.8) is 0 Å². The summed E-state index contributed by atoms with van der Waals surface area (Å²) in [7, 11) is 0. The van der Waals surface area contributed by atoms with Crippen LogP contribution in [0.15, 0.2) is 60.9 Å². The van der Waals surface area contributed by atoms with Crippen molar-refractivity contribution < 1.29 is 14.6 Å². The van der Waals surface area contributed by atoms with Crippen LogP contribution in [0.3, 0.4) is 0 Å². The number of nitrogen functional groups attached to an aromatic ring is 1. The number of ether oxygens (including phenoxy) is 1. The smallest absolute Gasteiger partial charge is 0.222 e. The summed E-state index contributed by atoms with van der Waals surface area (Å²) in [5, 5.41) is 11.5. The summed E-state index contributed by atoms with van der Waals surface area (Å²) < 4.78 is 7.99. The van der Waals surface area contributed by atoms with Crippen molar-refractivity contribution in [3.8, 4) is 17.0 Å². The Morgan fingerprint density at radius 1 is 1.05 bits per heavy atom. The topological polar surface area (TPSA) is 106 Å². The van der Waals surface area contributed by atoms with Crippen LogP contribution in [0.25, 0.3) is 16.8 Å². The fraction of sp³-hybridized carbons (Fsp3) is 0.387. The summed E-state index contributed by atoms with van der Waals surface area (Å²) in [6.07, 6.45) is 9.68. The molecule has 200 valence electrons. The third-order valence-electron chi connectivity index (χ3n) is 8.64. The van der Waals surface area contributed by atoms with Gasteiger partial charge in [-0.3, -0.25) is 9.20 Å². The molecule has 2 aromatic heterocycles. The van der Waals surface area contributed by atoms with E-state index in [9.17, 15) is 9.90 Å². The van der Waals surface area contributed by atoms with Crippen molar-refractivity contribution in [1.82, 2.24) is 19.3 Å². The van der Waals surface area contributed by atoms with Crippen LogP contribution in [0.5, 0.6) is 5.75 Å². The number of benzene rings is 2. The molecule has 1 saturated carbocycles. The monoisotopic (exact) mass is 523 g/mol. The molecule has 1 amide bonds. The van der Waals surface area contributed by atoms with Crippen molar-refractivity contribution in [2.24, 2.45) is 0 Å². The lowest BCUT2D eigenvalue weighted by molar-refractivity contribution is -0.130. The average Bonchev–Trinajstić information content (AvgIpc) is 3.56. The van der Waals surface area contributed by atoms with E-state index >= 15 is 0 Å². The molecule has 4 heterocycles. The SMILES string of the molecule is C[C@](O)(c1ccc(-c2nc([C@@H]3CC[C@H]4CCC(=O)N4C3)n3ccnc(N)c23)cc1)c1cccc(OC2CC2)c1. The highest BCUT2D eigenvalue weighted by Crippen LogP contribution is 2.39. The lowest BCUT2D eigenvalue weighted by atomic mass is 9.87. The minimum absolute atomic E-state index is 0.136. The third-order valence-corrected chi connectivity index (χ3v) is 8.64. The van der Waals surface area contributed by atoms with Gasteiger partial charge >= 0.3 is 0 Å². The summed E-state index contributed by atoms with van der Waals surface area (Å²) >= 11 is 0. The van der Waals surface area contributed by atoms with E-state index in [0.717, 1.165) is 71.6 Å². The van der Waals surface area contributed by atoms with Crippen LogP contribution in [0, 0.1) is 0 Å². The van der Waals surface area contributed by atoms with E-state index in [0.29, 0.717) is 30.9 Å². The largest absolute Gasteiger partial charge is 0.490 e. The predicted octanol–water partition coefficient (Wildman–Crippen LogP) is 4.64. The molecule has 0 spiro atoms. The molecule has 7 rings (SSSR count). The zero-order chi connectivity index (χ0) is 26.7. The lowest BCUT2D eigenvalue weighted by Gasteiger charge is -2.34. The van der Waals surface area contributed by atoms with E-state index in [-0.39, 0.29) is 11.8 Å². The van der Waals surface area contributed by atoms with Gasteiger partial charge in [0.1, 0.15) is 34.2 Å². The number of carbonyl (C=O) groups is 1. The number of anilines is 1. The minimum Gasteiger partial charge on any atom is -0.490 e. The number of aliphatic hydroxyl groups is 1. The molecular formula is C31H33N5O3. The molecule has 1 aliphatic carbocycles. The maximum atomic E-state index is 12.5.